The zero-order valence-electron chi connectivity index (χ0n) is 7.43. The summed E-state index contributed by atoms with van der Waals surface area (Å²) in [5, 5.41) is 6.88. The summed E-state index contributed by atoms with van der Waals surface area (Å²) in [7, 11) is 1.61. The molecule has 0 aliphatic carbocycles. The molecule has 62 valence electrons. The summed E-state index contributed by atoms with van der Waals surface area (Å²) < 4.78 is 4.95. The first-order chi connectivity index (χ1) is 5.04. The molecule has 0 atom stereocenters. The number of nitrogens with one attached hydrogen (secondary N) is 1. The summed E-state index contributed by atoms with van der Waals surface area (Å²) in [4.78, 5) is 0. The predicted molar refractivity (Wildman–Crippen MR) is 43.8 cm³/mol. The van der Waals surface area contributed by atoms with Crippen LogP contribution in [0.15, 0.2) is 6.07 Å². The molecule has 0 bridgehead atoms. The molecule has 0 saturated carbocycles. The Kier molecular flexibility index (Phi) is 1.89. The van der Waals surface area contributed by atoms with Gasteiger partial charge in [0, 0.05) is 17.2 Å². The fourth-order valence-corrected chi connectivity index (χ4v) is 0.792. The van der Waals surface area contributed by atoms with Crippen molar-refractivity contribution >= 4 is 0 Å². The van der Waals surface area contributed by atoms with Crippen molar-refractivity contribution in [2.24, 2.45) is 0 Å². The molecule has 0 aliphatic rings. The molecule has 0 amide bonds. The molecule has 1 heterocycles. The zero-order valence-corrected chi connectivity index (χ0v) is 7.43. The van der Waals surface area contributed by atoms with Gasteiger partial charge in [-0.1, -0.05) is 20.8 Å². The topological polar surface area (TPSA) is 37.9 Å². The maximum absolute atomic E-state index is 4.95. The van der Waals surface area contributed by atoms with Gasteiger partial charge < -0.3 is 4.74 Å². The van der Waals surface area contributed by atoms with Crippen molar-refractivity contribution in [1.29, 1.82) is 0 Å². The Balaban J connectivity index is 2.89. The minimum Gasteiger partial charge on any atom is -0.480 e. The molecule has 1 N–H and O–H groups in total. The minimum atomic E-state index is 0.115. The van der Waals surface area contributed by atoms with E-state index in [9.17, 15) is 0 Å². The largest absolute Gasteiger partial charge is 0.480 e. The summed E-state index contributed by atoms with van der Waals surface area (Å²) >= 11 is 0. The molecule has 0 saturated heterocycles. The summed E-state index contributed by atoms with van der Waals surface area (Å²) in [6.07, 6.45) is 0. The lowest BCUT2D eigenvalue weighted by atomic mass is 9.93. The van der Waals surface area contributed by atoms with Gasteiger partial charge in [0.05, 0.1) is 7.11 Å². The zero-order chi connectivity index (χ0) is 8.48. The first-order valence-electron chi connectivity index (χ1n) is 3.64. The van der Waals surface area contributed by atoms with E-state index in [1.807, 2.05) is 6.07 Å². The second-order valence-corrected chi connectivity index (χ2v) is 3.57. The van der Waals surface area contributed by atoms with Gasteiger partial charge in [0.1, 0.15) is 0 Å². The van der Waals surface area contributed by atoms with E-state index in [-0.39, 0.29) is 5.41 Å². The van der Waals surface area contributed by atoms with Gasteiger partial charge in [-0.3, -0.25) is 5.10 Å². The van der Waals surface area contributed by atoms with Crippen LogP contribution in [0.2, 0.25) is 0 Å². The highest BCUT2D eigenvalue weighted by atomic mass is 16.5. The molecular formula is C8H14N2O. The number of aromatic amines is 1. The first kappa shape index (κ1) is 8.11. The number of methoxy groups -OCH3 is 1. The number of hydrogen-bond acceptors (Lipinski definition) is 2. The van der Waals surface area contributed by atoms with Crippen molar-refractivity contribution in [2.75, 3.05) is 7.11 Å². The van der Waals surface area contributed by atoms with Gasteiger partial charge >= 0.3 is 0 Å². The average Bonchev–Trinajstić information content (AvgIpc) is 2.32. The van der Waals surface area contributed by atoms with Crippen LogP contribution in [-0.2, 0) is 5.41 Å². The number of hydrogen-bond donors (Lipinski definition) is 1. The molecular weight excluding hydrogens is 140 g/mol. The third kappa shape index (κ3) is 1.73. The monoisotopic (exact) mass is 154 g/mol. The van der Waals surface area contributed by atoms with Crippen molar-refractivity contribution in [1.82, 2.24) is 10.2 Å². The number of aromatic nitrogens is 2. The molecule has 0 aliphatic heterocycles. The van der Waals surface area contributed by atoms with Crippen molar-refractivity contribution in [3.8, 4) is 5.88 Å². The standard InChI is InChI=1S/C8H14N2O/c1-8(2,3)6-5-7(11-4)10-9-6/h5H,1-4H3,(H,9,10). The Morgan fingerprint density at radius 1 is 1.45 bits per heavy atom. The van der Waals surface area contributed by atoms with E-state index in [1.54, 1.807) is 7.11 Å². The van der Waals surface area contributed by atoms with Crippen LogP contribution in [-0.4, -0.2) is 17.3 Å². The molecule has 1 aromatic heterocycles. The Morgan fingerprint density at radius 3 is 2.36 bits per heavy atom. The molecule has 11 heavy (non-hydrogen) atoms. The summed E-state index contributed by atoms with van der Waals surface area (Å²) in [5.41, 5.74) is 1.21. The highest BCUT2D eigenvalue weighted by Gasteiger charge is 2.16. The van der Waals surface area contributed by atoms with Gasteiger partial charge in [-0.25, -0.2) is 0 Å². The fourth-order valence-electron chi connectivity index (χ4n) is 0.792. The van der Waals surface area contributed by atoms with Crippen LogP contribution in [0.1, 0.15) is 26.5 Å². The second-order valence-electron chi connectivity index (χ2n) is 3.57. The van der Waals surface area contributed by atoms with Crippen LogP contribution in [0.5, 0.6) is 5.88 Å². The van der Waals surface area contributed by atoms with E-state index in [1.165, 1.54) is 0 Å². The van der Waals surface area contributed by atoms with Crippen LogP contribution in [0.25, 0.3) is 0 Å². The number of H-pyrrole nitrogens is 1. The Labute approximate surface area is 66.8 Å². The molecule has 0 unspecified atom stereocenters. The lowest BCUT2D eigenvalue weighted by Crippen LogP contribution is -2.11. The van der Waals surface area contributed by atoms with Crippen LogP contribution in [0.3, 0.4) is 0 Å². The van der Waals surface area contributed by atoms with Gasteiger partial charge in [0.2, 0.25) is 5.88 Å². The number of nitrogens with zero attached hydrogens (tertiary/aromatic N) is 1. The van der Waals surface area contributed by atoms with E-state index >= 15 is 0 Å². The summed E-state index contributed by atoms with van der Waals surface area (Å²) in [6.45, 7) is 6.37. The molecule has 0 spiro atoms. The van der Waals surface area contributed by atoms with E-state index in [2.05, 4.69) is 31.0 Å². The van der Waals surface area contributed by atoms with Crippen molar-refractivity contribution in [3.05, 3.63) is 11.8 Å². The lowest BCUT2D eigenvalue weighted by Gasteiger charge is -2.14. The predicted octanol–water partition coefficient (Wildman–Crippen LogP) is 1.72. The maximum atomic E-state index is 4.95. The quantitative estimate of drug-likeness (QED) is 0.668. The third-order valence-corrected chi connectivity index (χ3v) is 1.57. The maximum Gasteiger partial charge on any atom is 0.232 e. The molecule has 0 fully saturated rings. The Hall–Kier alpha value is -0.990. The molecule has 0 aromatic carbocycles. The fraction of sp³-hybridized carbons (Fsp3) is 0.625. The van der Waals surface area contributed by atoms with Gasteiger partial charge in [-0.2, -0.15) is 0 Å². The smallest absolute Gasteiger partial charge is 0.232 e. The molecule has 3 heteroatoms. The SMILES string of the molecule is COc1cc(C(C)(C)C)[nH]n1. The van der Waals surface area contributed by atoms with E-state index in [0.29, 0.717) is 5.88 Å². The van der Waals surface area contributed by atoms with E-state index in [4.69, 9.17) is 4.74 Å². The Bertz CT molecular complexity index is 234. The van der Waals surface area contributed by atoms with Crippen LogP contribution >= 0.6 is 0 Å². The second kappa shape index (κ2) is 2.57. The highest BCUT2D eigenvalue weighted by Crippen LogP contribution is 2.22. The van der Waals surface area contributed by atoms with Gasteiger partial charge in [0.15, 0.2) is 0 Å². The molecule has 3 nitrogen and oxygen atoms in total. The average molecular weight is 154 g/mol. The lowest BCUT2D eigenvalue weighted by molar-refractivity contribution is 0.397. The van der Waals surface area contributed by atoms with Gasteiger partial charge in [-0.15, -0.1) is 5.10 Å². The van der Waals surface area contributed by atoms with Crippen LogP contribution in [0, 0.1) is 0 Å². The van der Waals surface area contributed by atoms with E-state index < -0.39 is 0 Å². The van der Waals surface area contributed by atoms with Crippen molar-refractivity contribution in [3.63, 3.8) is 0 Å². The summed E-state index contributed by atoms with van der Waals surface area (Å²) in [5.74, 6) is 0.648. The number of ether oxygens (including phenoxy) is 1. The number of rotatable bonds is 1. The third-order valence-electron chi connectivity index (χ3n) is 1.57. The van der Waals surface area contributed by atoms with Crippen LogP contribution in [0.4, 0.5) is 0 Å². The highest BCUT2D eigenvalue weighted by molar-refractivity contribution is 5.19. The Morgan fingerprint density at radius 2 is 2.09 bits per heavy atom. The molecule has 0 radical (unpaired) electrons. The summed E-state index contributed by atoms with van der Waals surface area (Å²) in [6, 6.07) is 1.92. The molecule has 1 rings (SSSR count). The van der Waals surface area contributed by atoms with Crippen molar-refractivity contribution in [2.45, 2.75) is 26.2 Å². The first-order valence-corrected chi connectivity index (χ1v) is 3.64. The van der Waals surface area contributed by atoms with Gasteiger partial charge in [-0.05, 0) is 0 Å². The van der Waals surface area contributed by atoms with E-state index in [0.717, 1.165) is 5.69 Å². The van der Waals surface area contributed by atoms with Crippen molar-refractivity contribution < 1.29 is 4.74 Å². The molecule has 1 aromatic rings. The van der Waals surface area contributed by atoms with Crippen LogP contribution < -0.4 is 4.74 Å². The normalized spacial score (nSPS) is 11.6. The van der Waals surface area contributed by atoms with Gasteiger partial charge in [0.25, 0.3) is 0 Å². The minimum absolute atomic E-state index is 0.115.